The lowest BCUT2D eigenvalue weighted by Crippen LogP contribution is -2.31. The topological polar surface area (TPSA) is 72.9 Å². The van der Waals surface area contributed by atoms with Crippen LogP contribution in [0.5, 0.6) is 0 Å². The van der Waals surface area contributed by atoms with Crippen LogP contribution in [-0.4, -0.2) is 21.7 Å². The fraction of sp³-hybridized carbons (Fsp3) is 0.500. The molecule has 0 bridgehead atoms. The van der Waals surface area contributed by atoms with Gasteiger partial charge < -0.3 is 11.1 Å². The first-order chi connectivity index (χ1) is 6.00. The summed E-state index contributed by atoms with van der Waals surface area (Å²) in [5, 5.41) is 6.66. The zero-order valence-corrected chi connectivity index (χ0v) is 8.03. The van der Waals surface area contributed by atoms with Crippen LogP contribution in [-0.2, 0) is 7.05 Å². The van der Waals surface area contributed by atoms with E-state index in [4.69, 9.17) is 5.73 Å². The van der Waals surface area contributed by atoms with E-state index in [0.29, 0.717) is 5.69 Å². The summed E-state index contributed by atoms with van der Waals surface area (Å²) < 4.78 is 1.52. The van der Waals surface area contributed by atoms with Crippen molar-refractivity contribution in [3.63, 3.8) is 0 Å². The Hall–Kier alpha value is -1.52. The van der Waals surface area contributed by atoms with Crippen molar-refractivity contribution in [1.82, 2.24) is 15.1 Å². The number of hydrogen-bond donors (Lipinski definition) is 2. The Balaban J connectivity index is 2.82. The summed E-state index contributed by atoms with van der Waals surface area (Å²) in [4.78, 5) is 11.4. The molecule has 0 aliphatic rings. The summed E-state index contributed by atoms with van der Waals surface area (Å²) in [6.45, 7) is 3.77. The number of rotatable bonds is 2. The molecule has 0 aliphatic heterocycles. The maximum absolute atomic E-state index is 11.4. The molecule has 1 aromatic heterocycles. The highest BCUT2D eigenvalue weighted by Crippen LogP contribution is 2.07. The van der Waals surface area contributed by atoms with Gasteiger partial charge in [-0.1, -0.05) is 0 Å². The number of nitrogens with one attached hydrogen (secondary N) is 1. The average Bonchev–Trinajstić information content (AvgIpc) is 2.28. The third-order valence-electron chi connectivity index (χ3n) is 1.49. The standard InChI is InChI=1S/C8H14N4O/c1-5(2)10-8(13)7-6(9)4-12(3)11-7/h4-5H,9H2,1-3H3,(H,10,13). The molecule has 13 heavy (non-hydrogen) atoms. The van der Waals surface area contributed by atoms with Crippen molar-refractivity contribution in [3.05, 3.63) is 11.9 Å². The van der Waals surface area contributed by atoms with Crippen LogP contribution in [0.15, 0.2) is 6.20 Å². The fourth-order valence-corrected chi connectivity index (χ4v) is 1.01. The highest BCUT2D eigenvalue weighted by molar-refractivity contribution is 5.97. The van der Waals surface area contributed by atoms with Gasteiger partial charge in [0.15, 0.2) is 5.69 Å². The maximum atomic E-state index is 11.4. The van der Waals surface area contributed by atoms with Crippen LogP contribution in [0.2, 0.25) is 0 Å². The molecule has 0 atom stereocenters. The summed E-state index contributed by atoms with van der Waals surface area (Å²) in [5.41, 5.74) is 6.27. The third-order valence-corrected chi connectivity index (χ3v) is 1.49. The zero-order chi connectivity index (χ0) is 10.0. The molecule has 0 saturated carbocycles. The van der Waals surface area contributed by atoms with E-state index in [1.54, 1.807) is 13.2 Å². The van der Waals surface area contributed by atoms with Crippen LogP contribution in [0.25, 0.3) is 0 Å². The zero-order valence-electron chi connectivity index (χ0n) is 8.03. The van der Waals surface area contributed by atoms with Crippen LogP contribution in [0, 0.1) is 0 Å². The lowest BCUT2D eigenvalue weighted by Gasteiger charge is -2.05. The van der Waals surface area contributed by atoms with E-state index in [-0.39, 0.29) is 17.6 Å². The first-order valence-electron chi connectivity index (χ1n) is 4.10. The van der Waals surface area contributed by atoms with Gasteiger partial charge >= 0.3 is 0 Å². The fourth-order valence-electron chi connectivity index (χ4n) is 1.01. The second-order valence-electron chi connectivity index (χ2n) is 3.23. The molecule has 1 rings (SSSR count). The van der Waals surface area contributed by atoms with E-state index in [1.807, 2.05) is 13.8 Å². The highest BCUT2D eigenvalue weighted by Gasteiger charge is 2.13. The Bertz CT molecular complexity index is 316. The molecule has 0 radical (unpaired) electrons. The summed E-state index contributed by atoms with van der Waals surface area (Å²) in [6.07, 6.45) is 1.61. The van der Waals surface area contributed by atoms with Crippen molar-refractivity contribution in [2.75, 3.05) is 5.73 Å². The molecule has 5 nitrogen and oxygen atoms in total. The quantitative estimate of drug-likeness (QED) is 0.683. The summed E-state index contributed by atoms with van der Waals surface area (Å²) >= 11 is 0. The molecule has 0 spiro atoms. The average molecular weight is 182 g/mol. The van der Waals surface area contributed by atoms with Gasteiger partial charge in [-0.05, 0) is 13.8 Å². The van der Waals surface area contributed by atoms with Gasteiger partial charge in [-0.25, -0.2) is 0 Å². The van der Waals surface area contributed by atoms with E-state index >= 15 is 0 Å². The van der Waals surface area contributed by atoms with E-state index in [2.05, 4.69) is 10.4 Å². The van der Waals surface area contributed by atoms with Gasteiger partial charge in [0.05, 0.1) is 5.69 Å². The third kappa shape index (κ3) is 2.21. The molecule has 0 fully saturated rings. The van der Waals surface area contributed by atoms with Crippen LogP contribution in [0.1, 0.15) is 24.3 Å². The molecule has 1 heterocycles. The Morgan fingerprint density at radius 1 is 1.69 bits per heavy atom. The highest BCUT2D eigenvalue weighted by atomic mass is 16.2. The maximum Gasteiger partial charge on any atom is 0.274 e. The second kappa shape index (κ2) is 3.47. The van der Waals surface area contributed by atoms with Gasteiger partial charge in [-0.15, -0.1) is 0 Å². The number of aromatic nitrogens is 2. The predicted molar refractivity (Wildman–Crippen MR) is 50.2 cm³/mol. The van der Waals surface area contributed by atoms with Gasteiger partial charge in [-0.3, -0.25) is 9.48 Å². The molecule has 5 heteroatoms. The minimum atomic E-state index is -0.229. The number of nitrogens with two attached hydrogens (primary N) is 1. The Labute approximate surface area is 76.9 Å². The molecule has 0 aromatic carbocycles. The summed E-state index contributed by atoms with van der Waals surface area (Å²) in [6, 6.07) is 0.0916. The minimum Gasteiger partial charge on any atom is -0.396 e. The molecule has 0 unspecified atom stereocenters. The Morgan fingerprint density at radius 3 is 2.69 bits per heavy atom. The van der Waals surface area contributed by atoms with Gasteiger partial charge in [0.1, 0.15) is 0 Å². The summed E-state index contributed by atoms with van der Waals surface area (Å²) in [5.74, 6) is -0.229. The molecular formula is C8H14N4O. The number of anilines is 1. The smallest absolute Gasteiger partial charge is 0.274 e. The van der Waals surface area contributed by atoms with Gasteiger partial charge in [-0.2, -0.15) is 5.10 Å². The van der Waals surface area contributed by atoms with Crippen molar-refractivity contribution in [2.24, 2.45) is 7.05 Å². The molecular weight excluding hydrogens is 168 g/mol. The molecule has 1 aromatic rings. The first kappa shape index (κ1) is 9.57. The molecule has 0 aliphatic carbocycles. The SMILES string of the molecule is CC(C)NC(=O)c1nn(C)cc1N. The van der Waals surface area contributed by atoms with Crippen molar-refractivity contribution in [3.8, 4) is 0 Å². The number of amides is 1. The van der Waals surface area contributed by atoms with E-state index in [0.717, 1.165) is 0 Å². The number of aryl methyl sites for hydroxylation is 1. The minimum absolute atomic E-state index is 0.0916. The van der Waals surface area contributed by atoms with E-state index in [1.165, 1.54) is 4.68 Å². The normalized spacial score (nSPS) is 10.5. The van der Waals surface area contributed by atoms with Crippen molar-refractivity contribution in [1.29, 1.82) is 0 Å². The molecule has 0 saturated heterocycles. The van der Waals surface area contributed by atoms with Crippen molar-refractivity contribution in [2.45, 2.75) is 19.9 Å². The van der Waals surface area contributed by atoms with Gasteiger partial charge in [0.25, 0.3) is 5.91 Å². The van der Waals surface area contributed by atoms with Crippen molar-refractivity contribution >= 4 is 11.6 Å². The van der Waals surface area contributed by atoms with Crippen LogP contribution in [0.4, 0.5) is 5.69 Å². The number of carbonyl (C=O) groups is 1. The second-order valence-corrected chi connectivity index (χ2v) is 3.23. The summed E-state index contributed by atoms with van der Waals surface area (Å²) in [7, 11) is 1.72. The van der Waals surface area contributed by atoms with E-state index in [9.17, 15) is 4.79 Å². The number of nitrogen functional groups attached to an aromatic ring is 1. The van der Waals surface area contributed by atoms with Crippen LogP contribution >= 0.6 is 0 Å². The lowest BCUT2D eigenvalue weighted by atomic mass is 10.3. The Kier molecular flexibility index (Phi) is 2.55. The predicted octanol–water partition coefficient (Wildman–Crippen LogP) is 0.140. The van der Waals surface area contributed by atoms with E-state index < -0.39 is 0 Å². The molecule has 1 amide bonds. The molecule has 72 valence electrons. The monoisotopic (exact) mass is 182 g/mol. The lowest BCUT2D eigenvalue weighted by molar-refractivity contribution is 0.0938. The first-order valence-corrected chi connectivity index (χ1v) is 4.10. The van der Waals surface area contributed by atoms with Gasteiger partial charge in [0.2, 0.25) is 0 Å². The number of nitrogens with zero attached hydrogens (tertiary/aromatic N) is 2. The Morgan fingerprint density at radius 2 is 2.31 bits per heavy atom. The van der Waals surface area contributed by atoms with Gasteiger partial charge in [0, 0.05) is 19.3 Å². The van der Waals surface area contributed by atoms with Crippen LogP contribution < -0.4 is 11.1 Å². The number of hydrogen-bond acceptors (Lipinski definition) is 3. The molecule has 3 N–H and O–H groups in total. The largest absolute Gasteiger partial charge is 0.396 e. The number of carbonyl (C=O) groups excluding carboxylic acids is 1. The van der Waals surface area contributed by atoms with Crippen LogP contribution in [0.3, 0.4) is 0 Å². The van der Waals surface area contributed by atoms with Crippen molar-refractivity contribution < 1.29 is 4.79 Å².